The lowest BCUT2D eigenvalue weighted by atomic mass is 10.2. The topological polar surface area (TPSA) is 83.0 Å². The highest BCUT2D eigenvalue weighted by atomic mass is 16.5. The fraction of sp³-hybridized carbons (Fsp3) is 0.308. The van der Waals surface area contributed by atoms with Crippen molar-refractivity contribution in [1.29, 1.82) is 0 Å². The second-order valence-electron chi connectivity index (χ2n) is 4.22. The molecule has 0 aliphatic heterocycles. The zero-order chi connectivity index (χ0) is 13.8. The number of nitrogens with zero attached hydrogens (tertiary/aromatic N) is 3. The molecule has 2 N–H and O–H groups in total. The van der Waals surface area contributed by atoms with Gasteiger partial charge in [0, 0.05) is 24.0 Å². The molecule has 0 aliphatic rings. The average Bonchev–Trinajstić information content (AvgIpc) is 2.76. The van der Waals surface area contributed by atoms with E-state index in [1.807, 2.05) is 26.0 Å². The molecule has 0 fully saturated rings. The maximum absolute atomic E-state index is 10.9. The highest BCUT2D eigenvalue weighted by molar-refractivity contribution is 5.90. The summed E-state index contributed by atoms with van der Waals surface area (Å²) in [7, 11) is 0. The van der Waals surface area contributed by atoms with E-state index in [2.05, 4.69) is 16.1 Å². The van der Waals surface area contributed by atoms with Crippen LogP contribution < -0.4 is 10.5 Å². The lowest BCUT2D eigenvalue weighted by Crippen LogP contribution is -2.14. The van der Waals surface area contributed by atoms with Crippen molar-refractivity contribution in [2.45, 2.75) is 20.4 Å². The third kappa shape index (κ3) is 3.54. The van der Waals surface area contributed by atoms with E-state index < -0.39 is 5.91 Å². The summed E-state index contributed by atoms with van der Waals surface area (Å²) in [6.45, 7) is 4.81. The van der Waals surface area contributed by atoms with E-state index >= 15 is 0 Å². The van der Waals surface area contributed by atoms with Crippen molar-refractivity contribution in [3.8, 4) is 5.88 Å². The standard InChI is InChI=1S/C13H15N4O2/c1-9-7-10(2)15-12(8-9)19-6-5-17-4-3-11(16-17)13(14)18/h4,7-8H,5-6H2,1-2H3,(H2,14,18). The van der Waals surface area contributed by atoms with E-state index in [4.69, 9.17) is 10.5 Å². The second kappa shape index (κ2) is 5.51. The predicted octanol–water partition coefficient (Wildman–Crippen LogP) is 0.873. The molecule has 6 heteroatoms. The maximum Gasteiger partial charge on any atom is 0.269 e. The van der Waals surface area contributed by atoms with Crippen LogP contribution in [0, 0.1) is 19.9 Å². The molecule has 2 aromatic heterocycles. The number of carbonyl (C=O) groups is 1. The minimum absolute atomic E-state index is 0.129. The molecule has 2 aromatic rings. The number of hydrogen-bond acceptors (Lipinski definition) is 4. The molecule has 0 saturated heterocycles. The van der Waals surface area contributed by atoms with Crippen molar-refractivity contribution in [2.24, 2.45) is 5.73 Å². The van der Waals surface area contributed by atoms with Crippen molar-refractivity contribution in [1.82, 2.24) is 14.8 Å². The van der Waals surface area contributed by atoms with Gasteiger partial charge in [0.15, 0.2) is 5.69 Å². The summed E-state index contributed by atoms with van der Waals surface area (Å²) in [5.41, 5.74) is 7.24. The van der Waals surface area contributed by atoms with Gasteiger partial charge in [-0.15, -0.1) is 0 Å². The van der Waals surface area contributed by atoms with Crippen LogP contribution in [0.4, 0.5) is 0 Å². The fourth-order valence-electron chi connectivity index (χ4n) is 1.68. The van der Waals surface area contributed by atoms with Gasteiger partial charge in [-0.3, -0.25) is 9.48 Å². The number of rotatable bonds is 5. The van der Waals surface area contributed by atoms with Gasteiger partial charge in [-0.1, -0.05) is 0 Å². The molecule has 0 aromatic carbocycles. The van der Waals surface area contributed by atoms with Gasteiger partial charge in [-0.05, 0) is 25.5 Å². The van der Waals surface area contributed by atoms with Gasteiger partial charge in [0.05, 0.1) is 6.54 Å². The number of nitrogens with two attached hydrogens (primary N) is 1. The minimum atomic E-state index is -0.587. The highest BCUT2D eigenvalue weighted by Crippen LogP contribution is 2.11. The Bertz CT molecular complexity index is 572. The number of amides is 1. The Morgan fingerprint density at radius 1 is 1.47 bits per heavy atom. The Morgan fingerprint density at radius 3 is 2.89 bits per heavy atom. The summed E-state index contributed by atoms with van der Waals surface area (Å²) in [6.07, 6.45) is 1.57. The first-order chi connectivity index (χ1) is 9.04. The van der Waals surface area contributed by atoms with Crippen molar-refractivity contribution in [3.05, 3.63) is 41.3 Å². The van der Waals surface area contributed by atoms with E-state index in [-0.39, 0.29) is 5.69 Å². The van der Waals surface area contributed by atoms with Gasteiger partial charge < -0.3 is 10.5 Å². The Morgan fingerprint density at radius 2 is 2.26 bits per heavy atom. The molecule has 0 atom stereocenters. The summed E-state index contributed by atoms with van der Waals surface area (Å²) in [5.74, 6) is -0.000551. The van der Waals surface area contributed by atoms with Crippen LogP contribution in [0.3, 0.4) is 0 Å². The summed E-state index contributed by atoms with van der Waals surface area (Å²) in [4.78, 5) is 15.1. The Kier molecular flexibility index (Phi) is 3.79. The van der Waals surface area contributed by atoms with Crippen LogP contribution in [0.15, 0.2) is 18.3 Å². The maximum atomic E-state index is 10.9. The minimum Gasteiger partial charge on any atom is -0.476 e. The summed E-state index contributed by atoms with van der Waals surface area (Å²) >= 11 is 0. The van der Waals surface area contributed by atoms with Crippen molar-refractivity contribution in [2.75, 3.05) is 6.61 Å². The van der Waals surface area contributed by atoms with E-state index in [1.54, 1.807) is 10.9 Å². The second-order valence-corrected chi connectivity index (χ2v) is 4.22. The zero-order valence-electron chi connectivity index (χ0n) is 10.9. The Hall–Kier alpha value is -2.37. The summed E-state index contributed by atoms with van der Waals surface area (Å²) < 4.78 is 7.10. The van der Waals surface area contributed by atoms with E-state index in [0.29, 0.717) is 19.0 Å². The zero-order valence-corrected chi connectivity index (χ0v) is 10.9. The molecule has 2 rings (SSSR count). The monoisotopic (exact) mass is 259 g/mol. The van der Waals surface area contributed by atoms with Gasteiger partial charge in [0.2, 0.25) is 5.88 Å². The van der Waals surface area contributed by atoms with Gasteiger partial charge >= 0.3 is 0 Å². The smallest absolute Gasteiger partial charge is 0.269 e. The molecule has 0 spiro atoms. The van der Waals surface area contributed by atoms with Crippen LogP contribution in [0.2, 0.25) is 0 Å². The summed E-state index contributed by atoms with van der Waals surface area (Å²) in [5, 5.41) is 3.96. The molecule has 19 heavy (non-hydrogen) atoms. The van der Waals surface area contributed by atoms with Gasteiger partial charge in [0.25, 0.3) is 5.91 Å². The number of pyridine rings is 1. The third-order valence-electron chi connectivity index (χ3n) is 2.46. The van der Waals surface area contributed by atoms with Crippen molar-refractivity contribution < 1.29 is 9.53 Å². The molecule has 0 unspecified atom stereocenters. The molecule has 6 nitrogen and oxygen atoms in total. The molecule has 99 valence electrons. The number of aryl methyl sites for hydroxylation is 2. The molecular formula is C13H15N4O2. The summed E-state index contributed by atoms with van der Waals surface area (Å²) in [6, 6.07) is 6.53. The molecule has 0 aliphatic carbocycles. The Labute approximate surface area is 111 Å². The SMILES string of the molecule is Cc1cc(C)nc(OCCn2c[c]c(C(N)=O)n2)c1. The number of ether oxygens (including phenoxy) is 1. The number of hydrogen-bond donors (Lipinski definition) is 1. The van der Waals surface area contributed by atoms with E-state index in [0.717, 1.165) is 11.3 Å². The molecule has 2 heterocycles. The molecule has 1 amide bonds. The quantitative estimate of drug-likeness (QED) is 0.863. The van der Waals surface area contributed by atoms with Gasteiger partial charge in [0.1, 0.15) is 6.61 Å². The fourth-order valence-corrected chi connectivity index (χ4v) is 1.68. The number of aromatic nitrogens is 3. The van der Waals surface area contributed by atoms with Gasteiger partial charge in [-0.25, -0.2) is 4.98 Å². The number of carbonyl (C=O) groups excluding carboxylic acids is 1. The predicted molar refractivity (Wildman–Crippen MR) is 68.8 cm³/mol. The lowest BCUT2D eigenvalue weighted by Gasteiger charge is -2.07. The van der Waals surface area contributed by atoms with E-state index in [1.165, 1.54) is 0 Å². The van der Waals surface area contributed by atoms with Crippen LogP contribution in [-0.2, 0) is 6.54 Å². The van der Waals surface area contributed by atoms with Crippen LogP contribution in [0.5, 0.6) is 5.88 Å². The average molecular weight is 259 g/mol. The van der Waals surface area contributed by atoms with Crippen LogP contribution in [0.1, 0.15) is 21.7 Å². The first kappa shape index (κ1) is 13.1. The van der Waals surface area contributed by atoms with Crippen LogP contribution >= 0.6 is 0 Å². The van der Waals surface area contributed by atoms with Crippen LogP contribution in [0.25, 0.3) is 0 Å². The Balaban J connectivity index is 1.90. The lowest BCUT2D eigenvalue weighted by molar-refractivity contribution is 0.0994. The highest BCUT2D eigenvalue weighted by Gasteiger charge is 2.05. The molecule has 0 bridgehead atoms. The molecule has 1 radical (unpaired) electrons. The van der Waals surface area contributed by atoms with E-state index in [9.17, 15) is 4.79 Å². The first-order valence-corrected chi connectivity index (χ1v) is 5.87. The van der Waals surface area contributed by atoms with Gasteiger partial charge in [-0.2, -0.15) is 5.10 Å². The van der Waals surface area contributed by atoms with Crippen LogP contribution in [-0.4, -0.2) is 27.3 Å². The first-order valence-electron chi connectivity index (χ1n) is 5.87. The normalized spacial score (nSPS) is 10.4. The van der Waals surface area contributed by atoms with Crippen molar-refractivity contribution >= 4 is 5.91 Å². The third-order valence-corrected chi connectivity index (χ3v) is 2.46. The molecule has 0 saturated carbocycles. The largest absolute Gasteiger partial charge is 0.476 e. The number of primary amides is 1. The van der Waals surface area contributed by atoms with Crippen molar-refractivity contribution in [3.63, 3.8) is 0 Å². The molecular weight excluding hydrogens is 244 g/mol.